The minimum atomic E-state index is -0.342. The molecule has 1 aromatic heterocycles. The van der Waals surface area contributed by atoms with Crippen molar-refractivity contribution >= 4 is 5.96 Å². The topological polar surface area (TPSA) is 76.4 Å². The van der Waals surface area contributed by atoms with Crippen LogP contribution in [0, 0.1) is 11.7 Å². The Morgan fingerprint density at radius 2 is 2.06 bits per heavy atom. The van der Waals surface area contributed by atoms with Gasteiger partial charge in [-0.2, -0.15) is 0 Å². The lowest BCUT2D eigenvalue weighted by Crippen LogP contribution is -2.38. The third kappa shape index (κ3) is 5.39. The van der Waals surface area contributed by atoms with Gasteiger partial charge in [-0.05, 0) is 55.5 Å². The number of nitrogens with zero attached hydrogens (tertiary/aromatic N) is 4. The maximum atomic E-state index is 14.4. The summed E-state index contributed by atoms with van der Waals surface area (Å²) < 4.78 is 21.9. The molecule has 0 saturated heterocycles. The highest BCUT2D eigenvalue weighted by Gasteiger charge is 2.22. The molecule has 0 radical (unpaired) electrons. The Balaban J connectivity index is 1.35. The summed E-state index contributed by atoms with van der Waals surface area (Å²) >= 11 is 0. The Hall–Kier alpha value is -3.42. The quantitative estimate of drug-likeness (QED) is 0.428. The van der Waals surface area contributed by atoms with E-state index in [1.54, 1.807) is 19.4 Å². The molecule has 1 unspecified atom stereocenters. The van der Waals surface area contributed by atoms with Crippen LogP contribution in [0.5, 0.6) is 5.75 Å². The van der Waals surface area contributed by atoms with E-state index in [4.69, 9.17) is 4.74 Å². The lowest BCUT2D eigenvalue weighted by atomic mass is 10.1. The second-order valence-electron chi connectivity index (χ2n) is 7.69. The van der Waals surface area contributed by atoms with Crippen LogP contribution in [-0.4, -0.2) is 34.4 Å². The van der Waals surface area contributed by atoms with Crippen LogP contribution in [0.3, 0.4) is 0 Å². The van der Waals surface area contributed by atoms with E-state index >= 15 is 0 Å². The van der Waals surface area contributed by atoms with E-state index in [9.17, 15) is 4.39 Å². The zero-order chi connectivity index (χ0) is 21.6. The number of hydrogen-bond donors (Lipinski definition) is 2. The van der Waals surface area contributed by atoms with Crippen molar-refractivity contribution in [3.05, 3.63) is 72.1 Å². The van der Waals surface area contributed by atoms with E-state index in [1.807, 2.05) is 47.9 Å². The zero-order valence-corrected chi connectivity index (χ0v) is 17.8. The highest BCUT2D eigenvalue weighted by atomic mass is 19.1. The third-order valence-electron chi connectivity index (χ3n) is 5.27. The van der Waals surface area contributed by atoms with E-state index in [1.165, 1.54) is 18.9 Å². The fraction of sp³-hybridized carbons (Fsp3) is 0.348. The number of para-hydroxylation sites is 1. The average molecular weight is 423 g/mol. The lowest BCUT2D eigenvalue weighted by Gasteiger charge is -2.19. The number of benzene rings is 2. The predicted molar refractivity (Wildman–Crippen MR) is 118 cm³/mol. The first-order valence-corrected chi connectivity index (χ1v) is 10.5. The summed E-state index contributed by atoms with van der Waals surface area (Å²) in [5.41, 5.74) is 1.80. The molecule has 2 aromatic carbocycles. The molecule has 31 heavy (non-hydrogen) atoms. The van der Waals surface area contributed by atoms with Crippen molar-refractivity contribution in [3.63, 3.8) is 0 Å². The van der Waals surface area contributed by atoms with Gasteiger partial charge in [-0.25, -0.2) is 4.39 Å². The number of aromatic nitrogens is 3. The van der Waals surface area contributed by atoms with E-state index in [-0.39, 0.29) is 11.9 Å². The van der Waals surface area contributed by atoms with Crippen molar-refractivity contribution < 1.29 is 9.13 Å². The normalized spacial score (nSPS) is 14.9. The number of hydrogen-bond acceptors (Lipinski definition) is 4. The minimum absolute atomic E-state index is 0.148. The Kier molecular flexibility index (Phi) is 6.45. The molecule has 4 rings (SSSR count). The number of nitrogens with one attached hydrogen (secondary N) is 2. The van der Waals surface area contributed by atoms with E-state index < -0.39 is 0 Å². The lowest BCUT2D eigenvalue weighted by molar-refractivity contribution is 0.285. The van der Waals surface area contributed by atoms with E-state index in [0.717, 1.165) is 17.1 Å². The van der Waals surface area contributed by atoms with Crippen LogP contribution < -0.4 is 15.4 Å². The highest BCUT2D eigenvalue weighted by Crippen LogP contribution is 2.30. The smallest absolute Gasteiger partial charge is 0.191 e. The summed E-state index contributed by atoms with van der Waals surface area (Å²) in [6.07, 6.45) is 4.03. The van der Waals surface area contributed by atoms with Crippen LogP contribution in [0.25, 0.3) is 5.69 Å². The van der Waals surface area contributed by atoms with E-state index in [2.05, 4.69) is 25.8 Å². The molecule has 1 saturated carbocycles. The Morgan fingerprint density at radius 1 is 1.26 bits per heavy atom. The molecular weight excluding hydrogens is 395 g/mol. The fourth-order valence-electron chi connectivity index (χ4n) is 3.23. The number of halogens is 1. The molecule has 1 fully saturated rings. The van der Waals surface area contributed by atoms with Crippen LogP contribution in [0.1, 0.15) is 37.2 Å². The Bertz CT molecular complexity index is 1030. The van der Waals surface area contributed by atoms with Gasteiger partial charge in [0.2, 0.25) is 0 Å². The molecule has 0 amide bonds. The van der Waals surface area contributed by atoms with Gasteiger partial charge >= 0.3 is 0 Å². The molecule has 8 heteroatoms. The van der Waals surface area contributed by atoms with Crippen molar-refractivity contribution in [2.45, 2.75) is 32.4 Å². The summed E-state index contributed by atoms with van der Waals surface area (Å²) in [6, 6.07) is 14.8. The first kappa shape index (κ1) is 20.8. The maximum Gasteiger partial charge on any atom is 0.191 e. The molecule has 1 aliphatic carbocycles. The van der Waals surface area contributed by atoms with Gasteiger partial charge in [0, 0.05) is 12.7 Å². The van der Waals surface area contributed by atoms with Crippen molar-refractivity contribution in [1.29, 1.82) is 0 Å². The summed E-state index contributed by atoms with van der Waals surface area (Å²) in [5.74, 6) is 1.90. The van der Waals surface area contributed by atoms with Gasteiger partial charge in [0.15, 0.2) is 23.4 Å². The molecule has 1 heterocycles. The summed E-state index contributed by atoms with van der Waals surface area (Å²) in [5, 5.41) is 14.7. The van der Waals surface area contributed by atoms with Crippen molar-refractivity contribution in [2.75, 3.05) is 13.7 Å². The number of ether oxygens (including phenoxy) is 1. The zero-order valence-electron chi connectivity index (χ0n) is 17.8. The van der Waals surface area contributed by atoms with Gasteiger partial charge in [0.05, 0.1) is 19.2 Å². The highest BCUT2D eigenvalue weighted by molar-refractivity contribution is 5.80. The van der Waals surface area contributed by atoms with E-state index in [0.29, 0.717) is 30.8 Å². The molecule has 3 aromatic rings. The second kappa shape index (κ2) is 9.59. The molecule has 2 N–H and O–H groups in total. The van der Waals surface area contributed by atoms with Gasteiger partial charge in [-0.1, -0.05) is 24.3 Å². The molecule has 7 nitrogen and oxygen atoms in total. The molecule has 0 aliphatic heterocycles. The monoisotopic (exact) mass is 422 g/mol. The van der Waals surface area contributed by atoms with Crippen molar-refractivity contribution in [1.82, 2.24) is 25.4 Å². The number of guanidine groups is 1. The number of aliphatic imine (C=N–C) groups is 1. The van der Waals surface area contributed by atoms with Gasteiger partial charge in [-0.15, -0.1) is 10.2 Å². The Labute approximate surface area is 181 Å². The van der Waals surface area contributed by atoms with Gasteiger partial charge < -0.3 is 15.4 Å². The van der Waals surface area contributed by atoms with Crippen molar-refractivity contribution in [2.24, 2.45) is 10.9 Å². The van der Waals surface area contributed by atoms with Gasteiger partial charge in [0.1, 0.15) is 6.33 Å². The largest absolute Gasteiger partial charge is 0.490 e. The molecule has 1 atom stereocenters. The molecule has 1 aliphatic rings. The van der Waals surface area contributed by atoms with Crippen LogP contribution in [0.15, 0.2) is 59.9 Å². The summed E-state index contributed by atoms with van der Waals surface area (Å²) in [6.45, 7) is 2.98. The van der Waals surface area contributed by atoms with Crippen LogP contribution >= 0.6 is 0 Å². The molecule has 0 bridgehead atoms. The summed E-state index contributed by atoms with van der Waals surface area (Å²) in [7, 11) is 1.69. The van der Waals surface area contributed by atoms with Crippen LogP contribution in [-0.2, 0) is 6.54 Å². The molecule has 162 valence electrons. The standard InChI is InChI=1S/C23H27FN6O/c1-16(18-10-11-21(20(24)12-18)31-14-17-8-9-17)28-23(25-2)26-13-22-29-27-15-30(22)19-6-4-3-5-7-19/h3-7,10-12,15-17H,8-9,13-14H2,1-2H3,(H2,25,26,28). The van der Waals surface area contributed by atoms with Crippen LogP contribution in [0.4, 0.5) is 4.39 Å². The Morgan fingerprint density at radius 3 is 2.77 bits per heavy atom. The molecule has 0 spiro atoms. The van der Waals surface area contributed by atoms with Gasteiger partial charge in [0.25, 0.3) is 0 Å². The summed E-state index contributed by atoms with van der Waals surface area (Å²) in [4.78, 5) is 4.27. The van der Waals surface area contributed by atoms with Crippen molar-refractivity contribution in [3.8, 4) is 11.4 Å². The first-order valence-electron chi connectivity index (χ1n) is 10.5. The third-order valence-corrected chi connectivity index (χ3v) is 5.27. The first-order chi connectivity index (χ1) is 15.1. The SMILES string of the molecule is CN=C(NCc1nncn1-c1ccccc1)NC(C)c1ccc(OCC2CC2)c(F)c1. The fourth-order valence-corrected chi connectivity index (χ4v) is 3.23. The van der Waals surface area contributed by atoms with Gasteiger partial charge in [-0.3, -0.25) is 9.56 Å². The van der Waals surface area contributed by atoms with Crippen LogP contribution in [0.2, 0.25) is 0 Å². The minimum Gasteiger partial charge on any atom is -0.490 e. The predicted octanol–water partition coefficient (Wildman–Crippen LogP) is 3.62. The average Bonchev–Trinajstić information content (AvgIpc) is 3.51. The maximum absolute atomic E-state index is 14.4. The molecular formula is C23H27FN6O. The second-order valence-corrected chi connectivity index (χ2v) is 7.69. The number of rotatable bonds is 8.